The highest BCUT2D eigenvalue weighted by Crippen LogP contribution is 2.33. The number of anilines is 1. The normalized spacial score (nSPS) is 10.3. The fraction of sp³-hybridized carbons (Fsp3) is 0.188. The zero-order valence-corrected chi connectivity index (χ0v) is 12.7. The number of nitrogen functional groups attached to an aromatic ring is 1. The molecule has 2 rings (SSSR count). The summed E-state index contributed by atoms with van der Waals surface area (Å²) in [5.74, 6) is -0.0178. The Morgan fingerprint density at radius 2 is 1.75 bits per heavy atom. The van der Waals surface area contributed by atoms with Gasteiger partial charge < -0.3 is 10.6 Å². The standard InChI is InChI=1S/C16H18N2OS/c1-11-4-7-13(8-5-11)20-15-10-12(6-9-14(15)17)16(19)18(2)3/h4-10H,17H2,1-3H3. The van der Waals surface area contributed by atoms with Crippen LogP contribution in [0.25, 0.3) is 0 Å². The van der Waals surface area contributed by atoms with E-state index in [4.69, 9.17) is 5.73 Å². The molecule has 0 aliphatic carbocycles. The number of nitrogens with zero attached hydrogens (tertiary/aromatic N) is 1. The monoisotopic (exact) mass is 286 g/mol. The summed E-state index contributed by atoms with van der Waals surface area (Å²) in [5, 5.41) is 0. The summed E-state index contributed by atoms with van der Waals surface area (Å²) in [5.41, 5.74) is 8.56. The van der Waals surface area contributed by atoms with Crippen molar-refractivity contribution in [1.29, 1.82) is 0 Å². The lowest BCUT2D eigenvalue weighted by molar-refractivity contribution is 0.0827. The number of amides is 1. The molecule has 3 nitrogen and oxygen atoms in total. The molecule has 104 valence electrons. The molecule has 0 radical (unpaired) electrons. The van der Waals surface area contributed by atoms with E-state index in [1.54, 1.807) is 42.9 Å². The van der Waals surface area contributed by atoms with E-state index in [0.717, 1.165) is 9.79 Å². The highest BCUT2D eigenvalue weighted by Gasteiger charge is 2.11. The van der Waals surface area contributed by atoms with Crippen molar-refractivity contribution in [2.45, 2.75) is 16.7 Å². The van der Waals surface area contributed by atoms with Gasteiger partial charge in [0.25, 0.3) is 5.91 Å². The first kappa shape index (κ1) is 14.5. The lowest BCUT2D eigenvalue weighted by atomic mass is 10.2. The Balaban J connectivity index is 2.29. The van der Waals surface area contributed by atoms with Crippen LogP contribution in [0, 0.1) is 6.92 Å². The SMILES string of the molecule is Cc1ccc(Sc2cc(C(=O)N(C)C)ccc2N)cc1. The summed E-state index contributed by atoms with van der Waals surface area (Å²) < 4.78 is 0. The molecule has 0 spiro atoms. The maximum Gasteiger partial charge on any atom is 0.253 e. The van der Waals surface area contributed by atoms with Gasteiger partial charge in [0.15, 0.2) is 0 Å². The quantitative estimate of drug-likeness (QED) is 0.879. The van der Waals surface area contributed by atoms with Crippen LogP contribution in [0.2, 0.25) is 0 Å². The zero-order valence-electron chi connectivity index (χ0n) is 11.9. The lowest BCUT2D eigenvalue weighted by Crippen LogP contribution is -2.21. The molecule has 0 saturated heterocycles. The highest BCUT2D eigenvalue weighted by molar-refractivity contribution is 7.99. The van der Waals surface area contributed by atoms with E-state index in [1.165, 1.54) is 5.56 Å². The van der Waals surface area contributed by atoms with Crippen molar-refractivity contribution < 1.29 is 4.79 Å². The summed E-state index contributed by atoms with van der Waals surface area (Å²) in [7, 11) is 3.48. The van der Waals surface area contributed by atoms with Gasteiger partial charge in [-0.1, -0.05) is 29.5 Å². The second-order valence-electron chi connectivity index (χ2n) is 4.87. The summed E-state index contributed by atoms with van der Waals surface area (Å²) in [6, 6.07) is 13.6. The molecule has 20 heavy (non-hydrogen) atoms. The van der Waals surface area contributed by atoms with Gasteiger partial charge in [0, 0.05) is 35.1 Å². The number of aryl methyl sites for hydroxylation is 1. The van der Waals surface area contributed by atoms with Crippen molar-refractivity contribution in [3.8, 4) is 0 Å². The second-order valence-corrected chi connectivity index (χ2v) is 5.98. The number of nitrogens with two attached hydrogens (primary N) is 1. The summed E-state index contributed by atoms with van der Waals surface area (Å²) in [6.45, 7) is 2.05. The van der Waals surface area contributed by atoms with Crippen LogP contribution >= 0.6 is 11.8 Å². The molecular formula is C16H18N2OS. The van der Waals surface area contributed by atoms with Crippen LogP contribution < -0.4 is 5.73 Å². The van der Waals surface area contributed by atoms with Gasteiger partial charge in [0.1, 0.15) is 0 Å². The van der Waals surface area contributed by atoms with Crippen molar-refractivity contribution in [3.05, 3.63) is 53.6 Å². The highest BCUT2D eigenvalue weighted by atomic mass is 32.2. The third-order valence-corrected chi connectivity index (χ3v) is 4.00. The van der Waals surface area contributed by atoms with E-state index < -0.39 is 0 Å². The topological polar surface area (TPSA) is 46.3 Å². The fourth-order valence-electron chi connectivity index (χ4n) is 1.75. The predicted octanol–water partition coefficient (Wildman–Crippen LogP) is 3.43. The Bertz CT molecular complexity index is 621. The molecule has 0 heterocycles. The largest absolute Gasteiger partial charge is 0.398 e. The van der Waals surface area contributed by atoms with E-state index >= 15 is 0 Å². The number of carbonyl (C=O) groups is 1. The predicted molar refractivity (Wildman–Crippen MR) is 84.2 cm³/mol. The van der Waals surface area contributed by atoms with Gasteiger partial charge in [0.05, 0.1) is 0 Å². The van der Waals surface area contributed by atoms with Gasteiger partial charge in [-0.15, -0.1) is 0 Å². The molecule has 1 amide bonds. The fourth-order valence-corrected chi connectivity index (χ4v) is 2.65. The molecule has 0 atom stereocenters. The van der Waals surface area contributed by atoms with Crippen LogP contribution in [0.1, 0.15) is 15.9 Å². The lowest BCUT2D eigenvalue weighted by Gasteiger charge is -2.12. The Morgan fingerprint density at radius 3 is 2.35 bits per heavy atom. The van der Waals surface area contributed by atoms with Gasteiger partial charge in [-0.25, -0.2) is 0 Å². The van der Waals surface area contributed by atoms with Crippen LogP contribution in [0.3, 0.4) is 0 Å². The number of benzene rings is 2. The first-order chi connectivity index (χ1) is 9.47. The van der Waals surface area contributed by atoms with Crippen molar-refractivity contribution in [1.82, 2.24) is 4.90 Å². The van der Waals surface area contributed by atoms with Gasteiger partial charge in [-0.2, -0.15) is 0 Å². The minimum atomic E-state index is -0.0178. The molecule has 0 aromatic heterocycles. The first-order valence-electron chi connectivity index (χ1n) is 6.33. The average Bonchev–Trinajstić information content (AvgIpc) is 2.43. The van der Waals surface area contributed by atoms with E-state index in [0.29, 0.717) is 11.3 Å². The molecule has 2 aromatic rings. The average molecular weight is 286 g/mol. The van der Waals surface area contributed by atoms with E-state index in [2.05, 4.69) is 31.2 Å². The van der Waals surface area contributed by atoms with Crippen molar-refractivity contribution in [3.63, 3.8) is 0 Å². The number of hydrogen-bond acceptors (Lipinski definition) is 3. The Hall–Kier alpha value is -1.94. The number of carbonyl (C=O) groups excluding carboxylic acids is 1. The van der Waals surface area contributed by atoms with E-state index in [1.807, 2.05) is 6.07 Å². The minimum absolute atomic E-state index is 0.0178. The third kappa shape index (κ3) is 3.33. The number of rotatable bonds is 3. The summed E-state index contributed by atoms with van der Waals surface area (Å²) in [6.07, 6.45) is 0. The molecule has 0 bridgehead atoms. The van der Waals surface area contributed by atoms with Crippen LogP contribution in [-0.2, 0) is 0 Å². The molecular weight excluding hydrogens is 268 g/mol. The Kier molecular flexibility index (Phi) is 4.35. The summed E-state index contributed by atoms with van der Waals surface area (Å²) >= 11 is 1.57. The third-order valence-electron chi connectivity index (χ3n) is 2.92. The molecule has 0 aliphatic heterocycles. The van der Waals surface area contributed by atoms with Gasteiger partial charge in [0.2, 0.25) is 0 Å². The van der Waals surface area contributed by atoms with E-state index in [-0.39, 0.29) is 5.91 Å². The van der Waals surface area contributed by atoms with Crippen LogP contribution in [0.4, 0.5) is 5.69 Å². The Morgan fingerprint density at radius 1 is 1.10 bits per heavy atom. The van der Waals surface area contributed by atoms with Crippen molar-refractivity contribution >= 4 is 23.4 Å². The number of hydrogen-bond donors (Lipinski definition) is 1. The molecule has 0 unspecified atom stereocenters. The molecule has 0 aliphatic rings. The van der Waals surface area contributed by atoms with Crippen molar-refractivity contribution in [2.24, 2.45) is 0 Å². The van der Waals surface area contributed by atoms with Gasteiger partial charge in [-0.3, -0.25) is 4.79 Å². The smallest absolute Gasteiger partial charge is 0.253 e. The van der Waals surface area contributed by atoms with Crippen LogP contribution in [0.15, 0.2) is 52.3 Å². The van der Waals surface area contributed by atoms with Crippen LogP contribution in [0.5, 0.6) is 0 Å². The minimum Gasteiger partial charge on any atom is -0.398 e. The molecule has 2 aromatic carbocycles. The van der Waals surface area contributed by atoms with Gasteiger partial charge >= 0.3 is 0 Å². The molecule has 2 N–H and O–H groups in total. The van der Waals surface area contributed by atoms with Crippen molar-refractivity contribution in [2.75, 3.05) is 19.8 Å². The Labute approximate surface area is 123 Å². The molecule has 0 saturated carbocycles. The molecule has 0 fully saturated rings. The molecule has 4 heteroatoms. The van der Waals surface area contributed by atoms with E-state index in [9.17, 15) is 4.79 Å². The zero-order chi connectivity index (χ0) is 14.7. The van der Waals surface area contributed by atoms with Gasteiger partial charge in [-0.05, 0) is 37.3 Å². The second kappa shape index (κ2) is 6.01. The summed E-state index contributed by atoms with van der Waals surface area (Å²) in [4.78, 5) is 15.6. The van der Waals surface area contributed by atoms with Crippen LogP contribution in [-0.4, -0.2) is 24.9 Å². The first-order valence-corrected chi connectivity index (χ1v) is 7.14. The maximum atomic E-state index is 12.0. The maximum absolute atomic E-state index is 12.0.